The quantitative estimate of drug-likeness (QED) is 0.637. The van der Waals surface area contributed by atoms with Gasteiger partial charge in [-0.1, -0.05) is 6.08 Å². The molecule has 0 bridgehead atoms. The molecular formula is C8H14F2N2. The average Bonchev–Trinajstić information content (AvgIpc) is 2.05. The number of nitrogens with zero attached hydrogens (tertiary/aromatic N) is 1. The first-order valence-corrected chi connectivity index (χ1v) is 4.09. The van der Waals surface area contributed by atoms with Gasteiger partial charge in [-0.25, -0.2) is 8.78 Å². The van der Waals surface area contributed by atoms with E-state index in [9.17, 15) is 8.78 Å². The van der Waals surface area contributed by atoms with Crippen LogP contribution in [0.15, 0.2) is 12.7 Å². The molecule has 0 saturated carbocycles. The van der Waals surface area contributed by atoms with E-state index in [1.54, 1.807) is 11.0 Å². The molecule has 0 aliphatic carbocycles. The summed E-state index contributed by atoms with van der Waals surface area (Å²) in [5.41, 5.74) is 0. The Kier molecular flexibility index (Phi) is 3.62. The van der Waals surface area contributed by atoms with E-state index in [0.717, 1.165) is 6.54 Å². The van der Waals surface area contributed by atoms with E-state index in [-0.39, 0.29) is 0 Å². The lowest BCUT2D eigenvalue weighted by Gasteiger charge is -2.34. The van der Waals surface area contributed by atoms with Crippen LogP contribution in [0.2, 0.25) is 0 Å². The van der Waals surface area contributed by atoms with Crippen LogP contribution in [0, 0.1) is 0 Å². The molecule has 1 N–H and O–H groups in total. The first-order valence-electron chi connectivity index (χ1n) is 4.09. The van der Waals surface area contributed by atoms with E-state index in [0.29, 0.717) is 19.6 Å². The molecule has 0 radical (unpaired) electrons. The SMILES string of the molecule is C=CCN1CCNCC1C(F)F. The maximum Gasteiger partial charge on any atom is 0.255 e. The molecule has 1 atom stereocenters. The number of hydrogen-bond acceptors (Lipinski definition) is 2. The molecule has 4 heteroatoms. The minimum Gasteiger partial charge on any atom is -0.314 e. The van der Waals surface area contributed by atoms with Crippen LogP contribution in [0.5, 0.6) is 0 Å². The third kappa shape index (κ3) is 2.25. The number of hydrogen-bond donors (Lipinski definition) is 1. The molecule has 2 nitrogen and oxygen atoms in total. The van der Waals surface area contributed by atoms with E-state index < -0.39 is 12.5 Å². The molecule has 12 heavy (non-hydrogen) atoms. The summed E-state index contributed by atoms with van der Waals surface area (Å²) in [6.07, 6.45) is -0.599. The smallest absolute Gasteiger partial charge is 0.255 e. The molecule has 1 aliphatic heterocycles. The van der Waals surface area contributed by atoms with Crippen molar-refractivity contribution in [2.75, 3.05) is 26.2 Å². The molecule has 0 aromatic heterocycles. The third-order valence-electron chi connectivity index (χ3n) is 2.05. The van der Waals surface area contributed by atoms with Crippen molar-refractivity contribution in [3.8, 4) is 0 Å². The molecule has 1 unspecified atom stereocenters. The first-order chi connectivity index (χ1) is 5.75. The molecule has 0 amide bonds. The van der Waals surface area contributed by atoms with Crippen molar-refractivity contribution in [2.45, 2.75) is 12.5 Å². The van der Waals surface area contributed by atoms with Gasteiger partial charge < -0.3 is 5.32 Å². The molecule has 1 heterocycles. The van der Waals surface area contributed by atoms with Crippen LogP contribution in [-0.2, 0) is 0 Å². The van der Waals surface area contributed by atoms with Crippen molar-refractivity contribution in [2.24, 2.45) is 0 Å². The summed E-state index contributed by atoms with van der Waals surface area (Å²) < 4.78 is 24.8. The second kappa shape index (κ2) is 4.52. The monoisotopic (exact) mass is 176 g/mol. The van der Waals surface area contributed by atoms with Crippen molar-refractivity contribution in [1.29, 1.82) is 0 Å². The fourth-order valence-corrected chi connectivity index (χ4v) is 1.41. The summed E-state index contributed by atoms with van der Waals surface area (Å²) in [5.74, 6) is 0. The van der Waals surface area contributed by atoms with Crippen LogP contribution in [0.1, 0.15) is 0 Å². The number of nitrogens with one attached hydrogen (secondary N) is 1. The van der Waals surface area contributed by atoms with Gasteiger partial charge in [0.1, 0.15) is 0 Å². The molecule has 1 fully saturated rings. The maximum atomic E-state index is 12.4. The van der Waals surface area contributed by atoms with E-state index in [1.165, 1.54) is 0 Å². The lowest BCUT2D eigenvalue weighted by atomic mass is 10.2. The van der Waals surface area contributed by atoms with Crippen LogP contribution < -0.4 is 5.32 Å². The van der Waals surface area contributed by atoms with Crippen LogP contribution >= 0.6 is 0 Å². The Bertz CT molecular complexity index is 150. The van der Waals surface area contributed by atoms with E-state index in [2.05, 4.69) is 11.9 Å². The maximum absolute atomic E-state index is 12.4. The summed E-state index contributed by atoms with van der Waals surface area (Å²) in [7, 11) is 0. The minimum absolute atomic E-state index is 0.380. The first kappa shape index (κ1) is 9.61. The van der Waals surface area contributed by atoms with Gasteiger partial charge in [0.05, 0.1) is 6.04 Å². The molecular weight excluding hydrogens is 162 g/mol. The van der Waals surface area contributed by atoms with Crippen molar-refractivity contribution >= 4 is 0 Å². The molecule has 1 saturated heterocycles. The lowest BCUT2D eigenvalue weighted by Crippen LogP contribution is -2.54. The van der Waals surface area contributed by atoms with Crippen molar-refractivity contribution in [3.05, 3.63) is 12.7 Å². The number of alkyl halides is 2. The second-order valence-corrected chi connectivity index (χ2v) is 2.89. The topological polar surface area (TPSA) is 15.3 Å². The van der Waals surface area contributed by atoms with Crippen LogP contribution in [0.4, 0.5) is 8.78 Å². The van der Waals surface area contributed by atoms with Gasteiger partial charge in [0.25, 0.3) is 6.43 Å². The lowest BCUT2D eigenvalue weighted by molar-refractivity contribution is 0.0184. The summed E-state index contributed by atoms with van der Waals surface area (Å²) in [5, 5.41) is 2.95. The van der Waals surface area contributed by atoms with Crippen molar-refractivity contribution < 1.29 is 8.78 Å². The Labute approximate surface area is 71.2 Å². The molecule has 0 spiro atoms. The fraction of sp³-hybridized carbons (Fsp3) is 0.750. The van der Waals surface area contributed by atoms with Crippen LogP contribution in [-0.4, -0.2) is 43.5 Å². The zero-order valence-corrected chi connectivity index (χ0v) is 6.97. The van der Waals surface area contributed by atoms with Gasteiger partial charge in [0, 0.05) is 26.2 Å². The van der Waals surface area contributed by atoms with Crippen molar-refractivity contribution in [3.63, 3.8) is 0 Å². The molecule has 1 aliphatic rings. The minimum atomic E-state index is -2.27. The molecule has 0 aromatic carbocycles. The van der Waals surface area contributed by atoms with Gasteiger partial charge in [-0.2, -0.15) is 0 Å². The van der Waals surface area contributed by atoms with E-state index >= 15 is 0 Å². The largest absolute Gasteiger partial charge is 0.314 e. The highest BCUT2D eigenvalue weighted by atomic mass is 19.3. The van der Waals surface area contributed by atoms with Gasteiger partial charge in [-0.15, -0.1) is 6.58 Å². The summed E-state index contributed by atoms with van der Waals surface area (Å²) in [4.78, 5) is 1.76. The van der Waals surface area contributed by atoms with Gasteiger partial charge in [-0.3, -0.25) is 4.90 Å². The highest BCUT2D eigenvalue weighted by Crippen LogP contribution is 2.11. The Morgan fingerprint density at radius 3 is 3.00 bits per heavy atom. The Balaban J connectivity index is 2.47. The van der Waals surface area contributed by atoms with Gasteiger partial charge in [0.15, 0.2) is 0 Å². The Morgan fingerprint density at radius 2 is 2.42 bits per heavy atom. The van der Waals surface area contributed by atoms with Gasteiger partial charge in [0.2, 0.25) is 0 Å². The molecule has 0 aromatic rings. The number of halogens is 2. The Morgan fingerprint density at radius 1 is 1.67 bits per heavy atom. The highest BCUT2D eigenvalue weighted by molar-refractivity contribution is 4.85. The number of rotatable bonds is 3. The molecule has 1 rings (SSSR count). The molecule has 70 valence electrons. The Hall–Kier alpha value is -0.480. The second-order valence-electron chi connectivity index (χ2n) is 2.89. The predicted octanol–water partition coefficient (Wildman–Crippen LogP) is 0.711. The zero-order chi connectivity index (χ0) is 8.97. The fourth-order valence-electron chi connectivity index (χ4n) is 1.41. The summed E-state index contributed by atoms with van der Waals surface area (Å²) in [6.45, 7) is 5.94. The van der Waals surface area contributed by atoms with Gasteiger partial charge >= 0.3 is 0 Å². The van der Waals surface area contributed by atoms with Crippen LogP contribution in [0.25, 0.3) is 0 Å². The normalized spacial score (nSPS) is 26.1. The van der Waals surface area contributed by atoms with Crippen molar-refractivity contribution in [1.82, 2.24) is 10.2 Å². The summed E-state index contributed by atoms with van der Waals surface area (Å²) in [6, 6.07) is -0.642. The highest BCUT2D eigenvalue weighted by Gasteiger charge is 2.28. The van der Waals surface area contributed by atoms with Gasteiger partial charge in [-0.05, 0) is 0 Å². The third-order valence-corrected chi connectivity index (χ3v) is 2.05. The average molecular weight is 176 g/mol. The zero-order valence-electron chi connectivity index (χ0n) is 6.97. The summed E-state index contributed by atoms with van der Waals surface area (Å²) >= 11 is 0. The standard InChI is InChI=1S/C8H14F2N2/c1-2-4-12-5-3-11-6-7(12)8(9)10/h2,7-8,11H,1,3-6H2. The van der Waals surface area contributed by atoms with E-state index in [1.807, 2.05) is 0 Å². The van der Waals surface area contributed by atoms with Crippen LogP contribution in [0.3, 0.4) is 0 Å². The van der Waals surface area contributed by atoms with E-state index in [4.69, 9.17) is 0 Å². The predicted molar refractivity (Wildman–Crippen MR) is 44.4 cm³/mol. The number of piperazine rings is 1.